The van der Waals surface area contributed by atoms with E-state index in [2.05, 4.69) is 10.2 Å². The number of amidine groups is 1. The molecule has 0 amide bonds. The quantitative estimate of drug-likeness (QED) is 0.726. The standard InChI is InChI=1S/C9H9N3.ClH/c10-9-8(6-11-12-9)7-4-2-1-3-5-7;/h1-6,8H,(H2,10,12);1H. The van der Waals surface area contributed by atoms with Crippen LogP contribution in [0.5, 0.6) is 0 Å². The molecule has 0 saturated heterocycles. The highest BCUT2D eigenvalue weighted by atomic mass is 35.5. The molecule has 1 aliphatic heterocycles. The van der Waals surface area contributed by atoms with Crippen molar-refractivity contribution in [3.05, 3.63) is 35.9 Å². The van der Waals surface area contributed by atoms with Gasteiger partial charge in [-0.05, 0) is 5.56 Å². The maximum atomic E-state index is 5.64. The Morgan fingerprint density at radius 2 is 1.85 bits per heavy atom. The lowest BCUT2D eigenvalue weighted by Gasteiger charge is -2.05. The van der Waals surface area contributed by atoms with Crippen molar-refractivity contribution < 1.29 is 0 Å². The first-order chi connectivity index (χ1) is 5.88. The van der Waals surface area contributed by atoms with Gasteiger partial charge in [-0.15, -0.1) is 17.5 Å². The molecule has 2 rings (SSSR count). The highest BCUT2D eigenvalue weighted by molar-refractivity contribution is 6.04. The number of hydrogen-bond acceptors (Lipinski definition) is 3. The van der Waals surface area contributed by atoms with Gasteiger partial charge in [0.1, 0.15) is 5.84 Å². The Morgan fingerprint density at radius 1 is 1.15 bits per heavy atom. The average molecular weight is 196 g/mol. The minimum absolute atomic E-state index is 0. The Hall–Kier alpha value is -1.35. The molecule has 0 spiro atoms. The van der Waals surface area contributed by atoms with E-state index in [4.69, 9.17) is 5.73 Å². The summed E-state index contributed by atoms with van der Waals surface area (Å²) in [6.45, 7) is 0. The molecule has 1 unspecified atom stereocenters. The van der Waals surface area contributed by atoms with Gasteiger partial charge in [0.05, 0.1) is 5.92 Å². The van der Waals surface area contributed by atoms with Crippen LogP contribution in [0.15, 0.2) is 40.5 Å². The van der Waals surface area contributed by atoms with E-state index in [0.717, 1.165) is 5.56 Å². The van der Waals surface area contributed by atoms with Crippen molar-refractivity contribution in [3.8, 4) is 0 Å². The molecule has 0 saturated carbocycles. The zero-order valence-electron chi connectivity index (χ0n) is 6.92. The maximum absolute atomic E-state index is 5.64. The van der Waals surface area contributed by atoms with Crippen molar-refractivity contribution >= 4 is 24.5 Å². The summed E-state index contributed by atoms with van der Waals surface area (Å²) in [5.41, 5.74) is 6.77. The Balaban J connectivity index is 0.000000845. The molecule has 4 heteroatoms. The fourth-order valence-corrected chi connectivity index (χ4v) is 1.22. The van der Waals surface area contributed by atoms with Gasteiger partial charge in [-0.3, -0.25) is 0 Å². The van der Waals surface area contributed by atoms with Gasteiger partial charge in [-0.2, -0.15) is 5.10 Å². The molecule has 0 aromatic heterocycles. The SMILES string of the molecule is Cl.NC1=NN=CC1c1ccccc1. The summed E-state index contributed by atoms with van der Waals surface area (Å²) in [4.78, 5) is 0. The highest BCUT2D eigenvalue weighted by Crippen LogP contribution is 2.16. The number of nitrogens with two attached hydrogens (primary N) is 1. The van der Waals surface area contributed by atoms with Gasteiger partial charge in [0.15, 0.2) is 0 Å². The average Bonchev–Trinajstić information content (AvgIpc) is 2.53. The second-order valence-electron chi connectivity index (χ2n) is 2.68. The zero-order valence-corrected chi connectivity index (χ0v) is 7.74. The van der Waals surface area contributed by atoms with Gasteiger partial charge < -0.3 is 5.73 Å². The normalized spacial score (nSPS) is 19.4. The van der Waals surface area contributed by atoms with Gasteiger partial charge in [0, 0.05) is 6.21 Å². The van der Waals surface area contributed by atoms with E-state index >= 15 is 0 Å². The number of hydrogen-bond donors (Lipinski definition) is 1. The fraction of sp³-hybridized carbons (Fsp3) is 0.111. The van der Waals surface area contributed by atoms with Crippen molar-refractivity contribution in [3.63, 3.8) is 0 Å². The molecular weight excluding hydrogens is 186 g/mol. The number of rotatable bonds is 1. The first-order valence-corrected chi connectivity index (χ1v) is 3.79. The molecule has 1 aliphatic rings. The Morgan fingerprint density at radius 3 is 2.38 bits per heavy atom. The van der Waals surface area contributed by atoms with Crippen molar-refractivity contribution in [1.29, 1.82) is 0 Å². The van der Waals surface area contributed by atoms with Crippen molar-refractivity contribution in [1.82, 2.24) is 0 Å². The topological polar surface area (TPSA) is 50.7 Å². The second-order valence-corrected chi connectivity index (χ2v) is 2.68. The monoisotopic (exact) mass is 195 g/mol. The molecule has 0 aliphatic carbocycles. The van der Waals surface area contributed by atoms with Gasteiger partial charge in [-0.1, -0.05) is 30.3 Å². The van der Waals surface area contributed by atoms with Gasteiger partial charge in [0.2, 0.25) is 0 Å². The summed E-state index contributed by atoms with van der Waals surface area (Å²) in [6, 6.07) is 9.97. The van der Waals surface area contributed by atoms with Gasteiger partial charge in [0.25, 0.3) is 0 Å². The maximum Gasteiger partial charge on any atom is 0.135 e. The van der Waals surface area contributed by atoms with Crippen LogP contribution in [0.25, 0.3) is 0 Å². The van der Waals surface area contributed by atoms with E-state index in [1.807, 2.05) is 30.3 Å². The number of nitrogens with zero attached hydrogens (tertiary/aromatic N) is 2. The van der Waals surface area contributed by atoms with Crippen LogP contribution in [0.2, 0.25) is 0 Å². The molecule has 3 nitrogen and oxygen atoms in total. The molecule has 1 aromatic rings. The summed E-state index contributed by atoms with van der Waals surface area (Å²) in [6.07, 6.45) is 1.75. The molecule has 0 bridgehead atoms. The van der Waals surface area contributed by atoms with Crippen LogP contribution in [0.1, 0.15) is 11.5 Å². The van der Waals surface area contributed by atoms with Crippen molar-refractivity contribution in [2.45, 2.75) is 5.92 Å². The minimum Gasteiger partial charge on any atom is -0.385 e. The summed E-state index contributed by atoms with van der Waals surface area (Å²) < 4.78 is 0. The summed E-state index contributed by atoms with van der Waals surface area (Å²) in [5.74, 6) is 0.646. The van der Waals surface area contributed by atoms with E-state index in [1.165, 1.54) is 0 Å². The van der Waals surface area contributed by atoms with E-state index in [-0.39, 0.29) is 18.3 Å². The predicted molar refractivity (Wildman–Crippen MR) is 56.5 cm³/mol. The third-order valence-electron chi connectivity index (χ3n) is 1.87. The summed E-state index contributed by atoms with van der Waals surface area (Å²) in [7, 11) is 0. The summed E-state index contributed by atoms with van der Waals surface area (Å²) in [5, 5.41) is 7.52. The third-order valence-corrected chi connectivity index (χ3v) is 1.87. The predicted octanol–water partition coefficient (Wildman–Crippen LogP) is 1.55. The Kier molecular flexibility index (Phi) is 3.03. The molecule has 0 radical (unpaired) electrons. The van der Waals surface area contributed by atoms with Crippen molar-refractivity contribution in [2.24, 2.45) is 15.9 Å². The second kappa shape index (κ2) is 4.05. The molecular formula is C9H10ClN3. The minimum atomic E-state index is 0. The molecule has 1 atom stereocenters. The van der Waals surface area contributed by atoms with E-state index < -0.39 is 0 Å². The highest BCUT2D eigenvalue weighted by Gasteiger charge is 2.16. The van der Waals surface area contributed by atoms with Crippen LogP contribution >= 0.6 is 12.4 Å². The molecule has 1 heterocycles. The Labute approximate surface area is 82.8 Å². The largest absolute Gasteiger partial charge is 0.385 e. The fourth-order valence-electron chi connectivity index (χ4n) is 1.22. The van der Waals surface area contributed by atoms with Gasteiger partial charge in [-0.25, -0.2) is 0 Å². The van der Waals surface area contributed by atoms with Crippen LogP contribution in [0.3, 0.4) is 0 Å². The lowest BCUT2D eigenvalue weighted by atomic mass is 10.0. The molecule has 1 aromatic carbocycles. The van der Waals surface area contributed by atoms with Crippen molar-refractivity contribution in [2.75, 3.05) is 0 Å². The van der Waals surface area contributed by atoms with Crippen LogP contribution in [0, 0.1) is 0 Å². The lowest BCUT2D eigenvalue weighted by molar-refractivity contribution is 1.22. The van der Waals surface area contributed by atoms with Crippen LogP contribution in [-0.4, -0.2) is 12.1 Å². The van der Waals surface area contributed by atoms with E-state index in [1.54, 1.807) is 6.21 Å². The van der Waals surface area contributed by atoms with Crippen LogP contribution in [0.4, 0.5) is 0 Å². The smallest absolute Gasteiger partial charge is 0.135 e. The van der Waals surface area contributed by atoms with E-state index in [9.17, 15) is 0 Å². The zero-order chi connectivity index (χ0) is 8.39. The first kappa shape index (κ1) is 9.74. The first-order valence-electron chi connectivity index (χ1n) is 3.79. The summed E-state index contributed by atoms with van der Waals surface area (Å²) >= 11 is 0. The molecule has 13 heavy (non-hydrogen) atoms. The van der Waals surface area contributed by atoms with Crippen LogP contribution < -0.4 is 5.73 Å². The Bertz CT molecular complexity index is 332. The molecule has 2 N–H and O–H groups in total. The molecule has 0 fully saturated rings. The third kappa shape index (κ3) is 1.87. The number of halogens is 1. The van der Waals surface area contributed by atoms with E-state index in [0.29, 0.717) is 5.84 Å². The van der Waals surface area contributed by atoms with Gasteiger partial charge >= 0.3 is 0 Å². The van der Waals surface area contributed by atoms with Crippen LogP contribution in [-0.2, 0) is 0 Å². The lowest BCUT2D eigenvalue weighted by Crippen LogP contribution is -2.19. The number of benzene rings is 1. The molecule has 68 valence electrons.